The molecule has 0 rings (SSSR count). The molecule has 0 aromatic rings. The summed E-state index contributed by atoms with van der Waals surface area (Å²) in [6.07, 6.45) is 1.03. The Morgan fingerprint density at radius 3 is 2.18 bits per heavy atom. The molecule has 0 saturated carbocycles. The number of hydrogen-bond acceptors (Lipinski definition) is 3. The summed E-state index contributed by atoms with van der Waals surface area (Å²) in [5.74, 6) is 0.196. The van der Waals surface area contributed by atoms with E-state index in [0.717, 1.165) is 26.1 Å². The molecule has 102 valence electrons. The Labute approximate surface area is 106 Å². The Balaban J connectivity index is 3.96. The smallest absolute Gasteiger partial charge is 0.236 e. The molecular formula is C13H29N3O. The van der Waals surface area contributed by atoms with Crippen molar-refractivity contribution < 1.29 is 4.79 Å². The molecule has 0 atom stereocenters. The second-order valence-corrected chi connectivity index (χ2v) is 5.73. The Morgan fingerprint density at radius 2 is 1.76 bits per heavy atom. The summed E-state index contributed by atoms with van der Waals surface area (Å²) in [6.45, 7) is 11.3. The van der Waals surface area contributed by atoms with Crippen LogP contribution in [0.25, 0.3) is 0 Å². The summed E-state index contributed by atoms with van der Waals surface area (Å²) < 4.78 is 0. The van der Waals surface area contributed by atoms with Crippen molar-refractivity contribution in [3.63, 3.8) is 0 Å². The van der Waals surface area contributed by atoms with E-state index in [2.05, 4.69) is 45.1 Å². The first-order valence-electron chi connectivity index (χ1n) is 6.44. The topological polar surface area (TPSA) is 35.6 Å². The van der Waals surface area contributed by atoms with Gasteiger partial charge in [0.15, 0.2) is 0 Å². The number of hydrogen-bond donors (Lipinski definition) is 1. The minimum absolute atomic E-state index is 0.00128. The second kappa shape index (κ2) is 7.67. The summed E-state index contributed by atoms with van der Waals surface area (Å²) in [7, 11) is 4.11. The van der Waals surface area contributed by atoms with Crippen LogP contribution < -0.4 is 5.32 Å². The SMILES string of the molecule is CCN(CCCN(C)C)C(=O)CNC(C)(C)C. The minimum Gasteiger partial charge on any atom is -0.342 e. The van der Waals surface area contributed by atoms with Gasteiger partial charge in [0.25, 0.3) is 0 Å². The molecule has 0 aliphatic rings. The zero-order chi connectivity index (χ0) is 13.5. The first kappa shape index (κ1) is 16.4. The van der Waals surface area contributed by atoms with E-state index in [9.17, 15) is 4.79 Å². The third kappa shape index (κ3) is 9.12. The molecule has 0 aliphatic heterocycles. The third-order valence-electron chi connectivity index (χ3n) is 2.54. The van der Waals surface area contributed by atoms with Crippen LogP contribution in [0.2, 0.25) is 0 Å². The Morgan fingerprint density at radius 1 is 1.18 bits per heavy atom. The van der Waals surface area contributed by atoms with Crippen molar-refractivity contribution >= 4 is 5.91 Å². The van der Waals surface area contributed by atoms with Crippen molar-refractivity contribution in [2.45, 2.75) is 39.7 Å². The number of likely N-dealkylation sites (N-methyl/N-ethyl adjacent to an activating group) is 1. The highest BCUT2D eigenvalue weighted by Gasteiger charge is 2.15. The van der Waals surface area contributed by atoms with Crippen LogP contribution in [0.1, 0.15) is 34.1 Å². The van der Waals surface area contributed by atoms with Crippen LogP contribution >= 0.6 is 0 Å². The summed E-state index contributed by atoms with van der Waals surface area (Å²) >= 11 is 0. The van der Waals surface area contributed by atoms with Gasteiger partial charge >= 0.3 is 0 Å². The van der Waals surface area contributed by atoms with E-state index in [-0.39, 0.29) is 11.4 Å². The van der Waals surface area contributed by atoms with Gasteiger partial charge in [-0.05, 0) is 54.8 Å². The maximum Gasteiger partial charge on any atom is 0.236 e. The fraction of sp³-hybridized carbons (Fsp3) is 0.923. The molecule has 0 aromatic heterocycles. The van der Waals surface area contributed by atoms with Gasteiger partial charge in [-0.25, -0.2) is 0 Å². The highest BCUT2D eigenvalue weighted by atomic mass is 16.2. The van der Waals surface area contributed by atoms with E-state index in [1.54, 1.807) is 0 Å². The van der Waals surface area contributed by atoms with Gasteiger partial charge in [0.2, 0.25) is 5.91 Å². The molecule has 0 heterocycles. The molecular weight excluding hydrogens is 214 g/mol. The molecule has 1 N–H and O–H groups in total. The quantitative estimate of drug-likeness (QED) is 0.729. The highest BCUT2D eigenvalue weighted by Crippen LogP contribution is 1.99. The molecule has 0 bridgehead atoms. The highest BCUT2D eigenvalue weighted by molar-refractivity contribution is 5.78. The van der Waals surface area contributed by atoms with Crippen LogP contribution in [0.15, 0.2) is 0 Å². The van der Waals surface area contributed by atoms with Gasteiger partial charge in [0.1, 0.15) is 0 Å². The third-order valence-corrected chi connectivity index (χ3v) is 2.54. The summed E-state index contributed by atoms with van der Waals surface area (Å²) in [5.41, 5.74) is -0.00128. The van der Waals surface area contributed by atoms with E-state index in [0.29, 0.717) is 6.54 Å². The first-order valence-corrected chi connectivity index (χ1v) is 6.44. The maximum absolute atomic E-state index is 11.9. The number of nitrogens with zero attached hydrogens (tertiary/aromatic N) is 2. The van der Waals surface area contributed by atoms with Crippen molar-refractivity contribution in [1.82, 2.24) is 15.1 Å². The Kier molecular flexibility index (Phi) is 7.39. The van der Waals surface area contributed by atoms with Crippen molar-refractivity contribution in [1.29, 1.82) is 0 Å². The standard InChI is InChI=1S/C13H29N3O/c1-7-16(10-8-9-15(5)6)12(17)11-14-13(2,3)4/h14H,7-11H2,1-6H3. The molecule has 0 spiro atoms. The lowest BCUT2D eigenvalue weighted by molar-refractivity contribution is -0.130. The fourth-order valence-corrected chi connectivity index (χ4v) is 1.49. The molecule has 0 unspecified atom stereocenters. The maximum atomic E-state index is 11.9. The van der Waals surface area contributed by atoms with Crippen LogP contribution in [0, 0.1) is 0 Å². The summed E-state index contributed by atoms with van der Waals surface area (Å²) in [6, 6.07) is 0. The van der Waals surface area contributed by atoms with Crippen molar-refractivity contribution in [3.05, 3.63) is 0 Å². The molecule has 4 heteroatoms. The predicted octanol–water partition coefficient (Wildman–Crippen LogP) is 1.17. The lowest BCUT2D eigenvalue weighted by atomic mass is 10.1. The molecule has 1 amide bonds. The van der Waals surface area contributed by atoms with E-state index >= 15 is 0 Å². The number of amides is 1. The lowest BCUT2D eigenvalue weighted by Gasteiger charge is -2.25. The van der Waals surface area contributed by atoms with Gasteiger partial charge in [0.05, 0.1) is 6.54 Å². The second-order valence-electron chi connectivity index (χ2n) is 5.73. The van der Waals surface area contributed by atoms with Gasteiger partial charge in [-0.3, -0.25) is 4.79 Å². The van der Waals surface area contributed by atoms with Crippen molar-refractivity contribution in [3.8, 4) is 0 Å². The van der Waals surface area contributed by atoms with Crippen LogP contribution in [0.3, 0.4) is 0 Å². The molecule has 17 heavy (non-hydrogen) atoms. The molecule has 0 aromatic carbocycles. The van der Waals surface area contributed by atoms with Crippen LogP contribution in [-0.4, -0.2) is 61.5 Å². The van der Waals surface area contributed by atoms with Crippen molar-refractivity contribution in [2.24, 2.45) is 0 Å². The number of carbonyl (C=O) groups excluding carboxylic acids is 1. The van der Waals surface area contributed by atoms with Gasteiger partial charge < -0.3 is 15.1 Å². The van der Waals surface area contributed by atoms with E-state index in [4.69, 9.17) is 0 Å². The fourth-order valence-electron chi connectivity index (χ4n) is 1.49. The van der Waals surface area contributed by atoms with E-state index < -0.39 is 0 Å². The average molecular weight is 243 g/mol. The van der Waals surface area contributed by atoms with Crippen LogP contribution in [0.5, 0.6) is 0 Å². The molecule has 0 aliphatic carbocycles. The number of nitrogens with one attached hydrogen (secondary N) is 1. The number of rotatable bonds is 7. The van der Waals surface area contributed by atoms with E-state index in [1.165, 1.54) is 0 Å². The van der Waals surface area contributed by atoms with Crippen LogP contribution in [-0.2, 0) is 4.79 Å². The Bertz CT molecular complexity index is 221. The molecule has 0 saturated heterocycles. The zero-order valence-corrected chi connectivity index (χ0v) is 12.3. The van der Waals surface area contributed by atoms with Gasteiger partial charge in [-0.1, -0.05) is 0 Å². The average Bonchev–Trinajstić information content (AvgIpc) is 2.19. The first-order chi connectivity index (χ1) is 7.76. The van der Waals surface area contributed by atoms with Crippen molar-refractivity contribution in [2.75, 3.05) is 40.3 Å². The van der Waals surface area contributed by atoms with Gasteiger partial charge in [0, 0.05) is 18.6 Å². The largest absolute Gasteiger partial charge is 0.342 e. The summed E-state index contributed by atoms with van der Waals surface area (Å²) in [5, 5.41) is 3.23. The molecule has 0 fully saturated rings. The number of carbonyl (C=O) groups is 1. The van der Waals surface area contributed by atoms with E-state index in [1.807, 2.05) is 11.8 Å². The predicted molar refractivity (Wildman–Crippen MR) is 73.2 cm³/mol. The Hall–Kier alpha value is -0.610. The molecule has 0 radical (unpaired) electrons. The lowest BCUT2D eigenvalue weighted by Crippen LogP contribution is -2.45. The minimum atomic E-state index is -0.00128. The van der Waals surface area contributed by atoms with Gasteiger partial charge in [-0.15, -0.1) is 0 Å². The normalized spacial score (nSPS) is 11.9. The van der Waals surface area contributed by atoms with Gasteiger partial charge in [-0.2, -0.15) is 0 Å². The summed E-state index contributed by atoms with van der Waals surface area (Å²) in [4.78, 5) is 16.0. The van der Waals surface area contributed by atoms with Crippen LogP contribution in [0.4, 0.5) is 0 Å². The monoisotopic (exact) mass is 243 g/mol. The zero-order valence-electron chi connectivity index (χ0n) is 12.3. The molecule has 4 nitrogen and oxygen atoms in total.